The Balaban J connectivity index is 1.48. The number of thiazole rings is 1. The largest absolute Gasteiger partial charge is 0.379 e. The number of rotatable bonds is 4. The summed E-state index contributed by atoms with van der Waals surface area (Å²) in [5, 5.41) is 3.03. The van der Waals surface area contributed by atoms with Gasteiger partial charge in [-0.25, -0.2) is 4.98 Å². The van der Waals surface area contributed by atoms with Gasteiger partial charge in [-0.15, -0.1) is 11.3 Å². The van der Waals surface area contributed by atoms with Gasteiger partial charge < -0.3 is 14.5 Å². The van der Waals surface area contributed by atoms with Crippen LogP contribution in [0.5, 0.6) is 0 Å². The highest BCUT2D eigenvalue weighted by Crippen LogP contribution is 2.25. The van der Waals surface area contributed by atoms with E-state index in [0.29, 0.717) is 13.2 Å². The van der Waals surface area contributed by atoms with E-state index >= 15 is 0 Å². The summed E-state index contributed by atoms with van der Waals surface area (Å²) in [4.78, 5) is 28.4. The fourth-order valence-corrected chi connectivity index (χ4v) is 4.24. The Morgan fingerprint density at radius 2 is 1.92 bits per heavy atom. The van der Waals surface area contributed by atoms with Crippen LogP contribution in [0.1, 0.15) is 11.6 Å². The molecule has 4 heterocycles. The van der Waals surface area contributed by atoms with Crippen LogP contribution in [0.3, 0.4) is 0 Å². The number of hydrogen-bond acceptors (Lipinski definition) is 7. The number of piperazine rings is 1. The Hall–Kier alpha value is -2.03. The van der Waals surface area contributed by atoms with Gasteiger partial charge in [0.2, 0.25) is 5.91 Å². The first-order valence-electron chi connectivity index (χ1n) is 8.98. The molecule has 1 atom stereocenters. The molecule has 2 aromatic heterocycles. The second-order valence-corrected chi connectivity index (χ2v) is 7.34. The fourth-order valence-electron chi connectivity index (χ4n) is 3.55. The Morgan fingerprint density at radius 3 is 2.58 bits per heavy atom. The zero-order valence-electron chi connectivity index (χ0n) is 14.7. The topological polar surface area (TPSA) is 61.8 Å². The highest BCUT2D eigenvalue weighted by Gasteiger charge is 2.34. The summed E-state index contributed by atoms with van der Waals surface area (Å²) in [6, 6.07) is 3.62. The van der Waals surface area contributed by atoms with Crippen molar-refractivity contribution in [3.05, 3.63) is 41.7 Å². The van der Waals surface area contributed by atoms with Gasteiger partial charge in [0.1, 0.15) is 6.04 Å². The lowest BCUT2D eigenvalue weighted by Crippen LogP contribution is -2.53. The molecule has 2 fully saturated rings. The van der Waals surface area contributed by atoms with Crippen LogP contribution in [0.2, 0.25) is 0 Å². The molecule has 1 amide bonds. The van der Waals surface area contributed by atoms with Crippen LogP contribution >= 0.6 is 11.3 Å². The van der Waals surface area contributed by atoms with E-state index in [-0.39, 0.29) is 11.9 Å². The van der Waals surface area contributed by atoms with E-state index in [1.807, 2.05) is 34.8 Å². The number of morpholine rings is 1. The minimum absolute atomic E-state index is 0.165. The summed E-state index contributed by atoms with van der Waals surface area (Å²) >= 11 is 1.65. The Bertz CT molecular complexity index is 698. The molecule has 1 unspecified atom stereocenters. The number of ether oxygens (including phenoxy) is 1. The minimum atomic E-state index is -0.279. The monoisotopic (exact) mass is 373 g/mol. The van der Waals surface area contributed by atoms with Crippen molar-refractivity contribution in [3.63, 3.8) is 0 Å². The average molecular weight is 373 g/mol. The first kappa shape index (κ1) is 17.4. The smallest absolute Gasteiger partial charge is 0.244 e. The van der Waals surface area contributed by atoms with Crippen molar-refractivity contribution in [2.24, 2.45) is 0 Å². The van der Waals surface area contributed by atoms with E-state index in [9.17, 15) is 4.79 Å². The number of nitrogens with zero attached hydrogens (tertiary/aromatic N) is 5. The quantitative estimate of drug-likeness (QED) is 0.804. The summed E-state index contributed by atoms with van der Waals surface area (Å²) in [7, 11) is 0. The molecule has 0 aliphatic carbocycles. The normalized spacial score (nSPS) is 20.2. The minimum Gasteiger partial charge on any atom is -0.379 e. The number of carbonyl (C=O) groups excluding carboxylic acids is 1. The molecule has 138 valence electrons. The van der Waals surface area contributed by atoms with E-state index in [0.717, 1.165) is 50.0 Å². The van der Waals surface area contributed by atoms with Gasteiger partial charge in [0.15, 0.2) is 5.13 Å². The molecule has 2 aliphatic heterocycles. The fraction of sp³-hybridized carbons (Fsp3) is 0.500. The van der Waals surface area contributed by atoms with Crippen molar-refractivity contribution in [1.29, 1.82) is 0 Å². The van der Waals surface area contributed by atoms with Crippen molar-refractivity contribution >= 4 is 22.4 Å². The molecule has 7 nitrogen and oxygen atoms in total. The summed E-state index contributed by atoms with van der Waals surface area (Å²) in [6.45, 7) is 5.96. The molecule has 0 aromatic carbocycles. The Kier molecular flexibility index (Phi) is 5.42. The van der Waals surface area contributed by atoms with Crippen molar-refractivity contribution in [2.45, 2.75) is 6.04 Å². The molecule has 8 heteroatoms. The van der Waals surface area contributed by atoms with Crippen LogP contribution in [0, 0.1) is 0 Å². The Morgan fingerprint density at radius 1 is 1.12 bits per heavy atom. The van der Waals surface area contributed by atoms with Crippen LogP contribution < -0.4 is 4.90 Å². The van der Waals surface area contributed by atoms with Crippen molar-refractivity contribution in [1.82, 2.24) is 19.8 Å². The van der Waals surface area contributed by atoms with Crippen LogP contribution in [0.15, 0.2) is 36.1 Å². The zero-order chi connectivity index (χ0) is 17.8. The van der Waals surface area contributed by atoms with Gasteiger partial charge in [-0.1, -0.05) is 6.07 Å². The molecule has 0 saturated carbocycles. The second-order valence-electron chi connectivity index (χ2n) is 6.46. The van der Waals surface area contributed by atoms with Gasteiger partial charge in [-0.2, -0.15) is 0 Å². The molecular weight excluding hydrogens is 350 g/mol. The van der Waals surface area contributed by atoms with E-state index < -0.39 is 0 Å². The van der Waals surface area contributed by atoms with Crippen LogP contribution in [0.25, 0.3) is 0 Å². The summed E-state index contributed by atoms with van der Waals surface area (Å²) in [6.07, 6.45) is 5.38. The van der Waals surface area contributed by atoms with Crippen LogP contribution in [0.4, 0.5) is 5.13 Å². The number of amides is 1. The number of carbonyl (C=O) groups is 1. The van der Waals surface area contributed by atoms with E-state index in [4.69, 9.17) is 4.74 Å². The molecule has 2 aromatic rings. The van der Waals surface area contributed by atoms with Crippen LogP contribution in [-0.4, -0.2) is 78.2 Å². The first-order chi connectivity index (χ1) is 12.8. The third-order valence-electron chi connectivity index (χ3n) is 4.93. The number of pyridine rings is 1. The predicted molar refractivity (Wildman–Crippen MR) is 100 cm³/mol. The highest BCUT2D eigenvalue weighted by atomic mass is 32.1. The van der Waals surface area contributed by atoms with Gasteiger partial charge in [0.25, 0.3) is 0 Å². The third-order valence-corrected chi connectivity index (χ3v) is 5.76. The molecule has 2 aliphatic rings. The lowest BCUT2D eigenvalue weighted by Gasteiger charge is -2.40. The summed E-state index contributed by atoms with van der Waals surface area (Å²) in [5.41, 5.74) is 0.960. The maximum Gasteiger partial charge on any atom is 0.244 e. The van der Waals surface area contributed by atoms with E-state index in [1.165, 1.54) is 0 Å². The lowest BCUT2D eigenvalue weighted by atomic mass is 10.0. The van der Waals surface area contributed by atoms with Crippen molar-refractivity contribution in [3.8, 4) is 0 Å². The van der Waals surface area contributed by atoms with Crippen molar-refractivity contribution < 1.29 is 9.53 Å². The number of hydrogen-bond donors (Lipinski definition) is 0. The zero-order valence-corrected chi connectivity index (χ0v) is 15.5. The molecule has 26 heavy (non-hydrogen) atoms. The Labute approximate surface area is 157 Å². The summed E-state index contributed by atoms with van der Waals surface area (Å²) < 4.78 is 5.47. The molecule has 0 N–H and O–H groups in total. The summed E-state index contributed by atoms with van der Waals surface area (Å²) in [5.74, 6) is 0.165. The maximum atomic E-state index is 13.4. The molecule has 2 saturated heterocycles. The van der Waals surface area contributed by atoms with Gasteiger partial charge >= 0.3 is 0 Å². The van der Waals surface area contributed by atoms with Gasteiger partial charge in [0.05, 0.1) is 13.2 Å². The second kappa shape index (κ2) is 8.11. The molecule has 0 bridgehead atoms. The SMILES string of the molecule is O=C(C(c1cccnc1)N1CCOCC1)N1CCN(c2nccs2)CC1. The molecule has 0 radical (unpaired) electrons. The van der Waals surface area contributed by atoms with Gasteiger partial charge in [0, 0.05) is 63.2 Å². The van der Waals surface area contributed by atoms with Crippen LogP contribution in [-0.2, 0) is 9.53 Å². The van der Waals surface area contributed by atoms with E-state index in [1.54, 1.807) is 17.5 Å². The maximum absolute atomic E-state index is 13.4. The number of aromatic nitrogens is 2. The van der Waals surface area contributed by atoms with Crippen molar-refractivity contribution in [2.75, 3.05) is 57.4 Å². The third kappa shape index (κ3) is 3.72. The highest BCUT2D eigenvalue weighted by molar-refractivity contribution is 7.13. The first-order valence-corrected chi connectivity index (χ1v) is 9.86. The van der Waals surface area contributed by atoms with E-state index in [2.05, 4.69) is 19.8 Å². The van der Waals surface area contributed by atoms with Gasteiger partial charge in [-0.05, 0) is 11.6 Å². The lowest BCUT2D eigenvalue weighted by molar-refractivity contribution is -0.139. The predicted octanol–water partition coefficient (Wildman–Crippen LogP) is 1.26. The average Bonchev–Trinajstić information content (AvgIpc) is 3.25. The molecule has 4 rings (SSSR count). The number of anilines is 1. The molecular formula is C18H23N5O2S. The van der Waals surface area contributed by atoms with Gasteiger partial charge in [-0.3, -0.25) is 14.7 Å². The standard InChI is InChI=1S/C18H23N5O2S/c24-17(22-5-7-23(8-6-22)18-20-4-13-26-18)16(15-2-1-3-19-14-15)21-9-11-25-12-10-21/h1-4,13-14,16H,5-12H2. The molecule has 0 spiro atoms.